The van der Waals surface area contributed by atoms with Crippen LogP contribution in [0.15, 0.2) is 72.8 Å². The highest BCUT2D eigenvalue weighted by molar-refractivity contribution is 5.74. The number of halogens is 3. The highest BCUT2D eigenvalue weighted by atomic mass is 19.2. The second-order valence-corrected chi connectivity index (χ2v) is 11.3. The fourth-order valence-corrected chi connectivity index (χ4v) is 6.48. The molecule has 0 bridgehead atoms. The molecule has 0 radical (unpaired) electrons. The van der Waals surface area contributed by atoms with Crippen LogP contribution < -0.4 is 4.74 Å². The van der Waals surface area contributed by atoms with Gasteiger partial charge in [0.25, 0.3) is 0 Å². The van der Waals surface area contributed by atoms with Crippen molar-refractivity contribution in [1.82, 2.24) is 0 Å². The average Bonchev–Trinajstić information content (AvgIpc) is 2.99. The Kier molecular flexibility index (Phi) is 9.14. The van der Waals surface area contributed by atoms with E-state index in [1.54, 1.807) is 30.3 Å². The molecule has 1 saturated carbocycles. The zero-order chi connectivity index (χ0) is 28.1. The van der Waals surface area contributed by atoms with E-state index in [4.69, 9.17) is 4.74 Å². The van der Waals surface area contributed by atoms with Gasteiger partial charge in [-0.05, 0) is 117 Å². The number of hydrogen-bond donors (Lipinski definition) is 0. The van der Waals surface area contributed by atoms with Crippen molar-refractivity contribution in [2.45, 2.75) is 65.2 Å². The zero-order valence-electron chi connectivity index (χ0n) is 23.6. The number of rotatable bonds is 8. The van der Waals surface area contributed by atoms with Crippen LogP contribution in [0.5, 0.6) is 5.75 Å². The number of ether oxygens (including phenoxy) is 1. The highest BCUT2D eigenvalue weighted by Crippen LogP contribution is 2.42. The van der Waals surface area contributed by atoms with Crippen LogP contribution in [0.2, 0.25) is 0 Å². The number of benzene rings is 3. The molecule has 2 aliphatic rings. The summed E-state index contributed by atoms with van der Waals surface area (Å²) in [6.07, 6.45) is 16.1. The van der Waals surface area contributed by atoms with Gasteiger partial charge in [0.1, 0.15) is 5.82 Å². The summed E-state index contributed by atoms with van der Waals surface area (Å²) in [6.45, 7) is 4.34. The summed E-state index contributed by atoms with van der Waals surface area (Å²) in [4.78, 5) is 0. The minimum Gasteiger partial charge on any atom is -0.490 e. The largest absolute Gasteiger partial charge is 0.490 e. The number of allylic oxidation sites excluding steroid dienone is 4. The molecule has 5 rings (SSSR count). The molecule has 0 spiro atoms. The van der Waals surface area contributed by atoms with E-state index < -0.39 is 11.6 Å². The van der Waals surface area contributed by atoms with Crippen molar-refractivity contribution >= 4 is 5.57 Å². The maximum atomic E-state index is 15.3. The van der Waals surface area contributed by atoms with Gasteiger partial charge in [-0.3, -0.25) is 0 Å². The smallest absolute Gasteiger partial charge is 0.201 e. The Morgan fingerprint density at radius 3 is 2.08 bits per heavy atom. The SMILES string of the molecule is CC=CC1CCC(C2CC=C(c3ccc(-c4ccc(-c5ccc(OCCC)c(F)c5F)cc4)c(F)c3)CC2)CC1. The van der Waals surface area contributed by atoms with Crippen LogP contribution in [-0.4, -0.2) is 6.61 Å². The third-order valence-corrected chi connectivity index (χ3v) is 8.75. The van der Waals surface area contributed by atoms with Crippen molar-refractivity contribution in [1.29, 1.82) is 0 Å². The second kappa shape index (κ2) is 12.9. The maximum Gasteiger partial charge on any atom is 0.201 e. The molecular weight excluding hydrogens is 505 g/mol. The average molecular weight is 545 g/mol. The van der Waals surface area contributed by atoms with Gasteiger partial charge in [-0.25, -0.2) is 8.78 Å². The van der Waals surface area contributed by atoms with Crippen molar-refractivity contribution in [2.75, 3.05) is 6.61 Å². The summed E-state index contributed by atoms with van der Waals surface area (Å²) in [5, 5.41) is 0. The van der Waals surface area contributed by atoms with Crippen LogP contribution in [-0.2, 0) is 0 Å². The Balaban J connectivity index is 1.25. The summed E-state index contributed by atoms with van der Waals surface area (Å²) < 4.78 is 49.8. The van der Waals surface area contributed by atoms with Crippen molar-refractivity contribution in [3.8, 4) is 28.0 Å². The zero-order valence-corrected chi connectivity index (χ0v) is 23.6. The van der Waals surface area contributed by atoms with Crippen LogP contribution in [0.1, 0.15) is 70.8 Å². The Morgan fingerprint density at radius 2 is 1.45 bits per heavy atom. The highest BCUT2D eigenvalue weighted by Gasteiger charge is 2.28. The molecular formula is C36H39F3O. The quantitative estimate of drug-likeness (QED) is 0.256. The molecule has 1 nitrogen and oxygen atoms in total. The fourth-order valence-electron chi connectivity index (χ4n) is 6.48. The molecule has 40 heavy (non-hydrogen) atoms. The molecule has 3 aromatic carbocycles. The van der Waals surface area contributed by atoms with Crippen molar-refractivity contribution in [3.63, 3.8) is 0 Å². The van der Waals surface area contributed by atoms with E-state index in [0.717, 1.165) is 36.2 Å². The molecule has 0 saturated heterocycles. The van der Waals surface area contributed by atoms with E-state index in [9.17, 15) is 8.78 Å². The molecule has 4 heteroatoms. The van der Waals surface area contributed by atoms with E-state index in [1.165, 1.54) is 49.8 Å². The van der Waals surface area contributed by atoms with Crippen molar-refractivity contribution in [2.24, 2.45) is 17.8 Å². The number of hydrogen-bond acceptors (Lipinski definition) is 1. The van der Waals surface area contributed by atoms with E-state index in [0.29, 0.717) is 29.7 Å². The third-order valence-electron chi connectivity index (χ3n) is 8.75. The van der Waals surface area contributed by atoms with Crippen molar-refractivity contribution < 1.29 is 17.9 Å². The summed E-state index contributed by atoms with van der Waals surface area (Å²) >= 11 is 0. The molecule has 3 aromatic rings. The van der Waals surface area contributed by atoms with Crippen LogP contribution in [0.3, 0.4) is 0 Å². The molecule has 2 aliphatic carbocycles. The van der Waals surface area contributed by atoms with Gasteiger partial charge < -0.3 is 4.74 Å². The molecule has 0 amide bonds. The molecule has 1 atom stereocenters. The minimum atomic E-state index is -0.989. The van der Waals surface area contributed by atoms with E-state index in [1.807, 2.05) is 19.1 Å². The van der Waals surface area contributed by atoms with E-state index in [2.05, 4.69) is 25.2 Å². The predicted molar refractivity (Wildman–Crippen MR) is 159 cm³/mol. The Hall–Kier alpha value is -3.27. The third kappa shape index (κ3) is 6.22. The van der Waals surface area contributed by atoms with Gasteiger partial charge in [-0.1, -0.05) is 61.5 Å². The standard InChI is InChI=1S/C36H39F3O/c1-3-5-24-6-8-25(9-7-24)26-10-12-27(13-11-26)30-18-19-31(33(37)23-30)28-14-16-29(17-15-28)32-20-21-34(40-22-4-2)36(39)35(32)38/h3,5,12,14-21,23-26H,4,6-11,13,22H2,1-2H3. The van der Waals surface area contributed by atoms with Gasteiger partial charge in [0.2, 0.25) is 5.82 Å². The first-order valence-corrected chi connectivity index (χ1v) is 14.8. The molecule has 1 unspecified atom stereocenters. The molecule has 0 aliphatic heterocycles. The van der Waals surface area contributed by atoms with Crippen LogP contribution >= 0.6 is 0 Å². The first kappa shape index (κ1) is 28.3. The van der Waals surface area contributed by atoms with Crippen LogP contribution in [0, 0.1) is 35.2 Å². The lowest BCUT2D eigenvalue weighted by molar-refractivity contribution is 0.212. The summed E-state index contributed by atoms with van der Waals surface area (Å²) in [5.74, 6) is 0.0330. The molecule has 0 aromatic heterocycles. The van der Waals surface area contributed by atoms with Gasteiger partial charge in [-0.15, -0.1) is 0 Å². The first-order chi connectivity index (χ1) is 19.5. The fraction of sp³-hybridized carbons (Fsp3) is 0.389. The Labute approximate surface area is 236 Å². The Bertz CT molecular complexity index is 1360. The predicted octanol–water partition coefficient (Wildman–Crippen LogP) is 10.8. The van der Waals surface area contributed by atoms with E-state index in [-0.39, 0.29) is 17.1 Å². The van der Waals surface area contributed by atoms with Gasteiger partial charge in [0.15, 0.2) is 11.6 Å². The lowest BCUT2D eigenvalue weighted by atomic mass is 9.71. The van der Waals surface area contributed by atoms with Crippen LogP contribution in [0.4, 0.5) is 13.2 Å². The summed E-state index contributed by atoms with van der Waals surface area (Å²) in [6, 6.07) is 15.3. The Morgan fingerprint density at radius 1 is 0.775 bits per heavy atom. The van der Waals surface area contributed by atoms with Crippen LogP contribution in [0.25, 0.3) is 27.8 Å². The maximum absolute atomic E-state index is 15.3. The normalized spacial score (nSPS) is 21.4. The van der Waals surface area contributed by atoms with Gasteiger partial charge in [0.05, 0.1) is 6.61 Å². The van der Waals surface area contributed by atoms with Gasteiger partial charge in [0, 0.05) is 11.1 Å². The van der Waals surface area contributed by atoms with Gasteiger partial charge in [-0.2, -0.15) is 4.39 Å². The molecule has 210 valence electrons. The van der Waals surface area contributed by atoms with Gasteiger partial charge >= 0.3 is 0 Å². The minimum absolute atomic E-state index is 0.0855. The topological polar surface area (TPSA) is 9.23 Å². The van der Waals surface area contributed by atoms with Crippen molar-refractivity contribution in [3.05, 3.63) is 95.8 Å². The molecule has 0 N–H and O–H groups in total. The molecule has 1 fully saturated rings. The van der Waals surface area contributed by atoms with E-state index >= 15 is 4.39 Å². The lowest BCUT2D eigenvalue weighted by Gasteiger charge is -2.34. The monoisotopic (exact) mass is 544 g/mol. The molecule has 0 heterocycles. The lowest BCUT2D eigenvalue weighted by Crippen LogP contribution is -2.22. The first-order valence-electron chi connectivity index (χ1n) is 14.8. The summed E-state index contributed by atoms with van der Waals surface area (Å²) in [5.41, 5.74) is 4.06. The second-order valence-electron chi connectivity index (χ2n) is 11.3. The summed E-state index contributed by atoms with van der Waals surface area (Å²) in [7, 11) is 0.